The average molecular weight is 177 g/mol. The van der Waals surface area contributed by atoms with Gasteiger partial charge in [0.15, 0.2) is 0 Å². The van der Waals surface area contributed by atoms with E-state index in [1.54, 1.807) is 6.92 Å². The predicted octanol–water partition coefficient (Wildman–Crippen LogP) is -2.18. The Hall–Kier alpha value is -0.200. The lowest BCUT2D eigenvalue weighted by Gasteiger charge is -2.39. The second-order valence-electron chi connectivity index (χ2n) is 3.12. The number of aliphatic hydroxyl groups is 3. The molecule has 1 heterocycles. The smallest absolute Gasteiger partial charge is 0.110 e. The SMILES string of the molecule is C[C@@H]1OC(CO)[C@H](O)[C@H](O)C1N. The van der Waals surface area contributed by atoms with Crippen molar-refractivity contribution in [2.45, 2.75) is 37.4 Å². The Kier molecular flexibility index (Phi) is 3.03. The van der Waals surface area contributed by atoms with Crippen molar-refractivity contribution >= 4 is 0 Å². The fourth-order valence-electron chi connectivity index (χ4n) is 1.32. The maximum Gasteiger partial charge on any atom is 0.110 e. The van der Waals surface area contributed by atoms with E-state index in [1.165, 1.54) is 0 Å². The van der Waals surface area contributed by atoms with Gasteiger partial charge >= 0.3 is 0 Å². The summed E-state index contributed by atoms with van der Waals surface area (Å²) in [6.07, 6.45) is -3.19. The van der Waals surface area contributed by atoms with Crippen LogP contribution in [0.1, 0.15) is 6.92 Å². The summed E-state index contributed by atoms with van der Waals surface area (Å²) in [5.74, 6) is 0. The van der Waals surface area contributed by atoms with E-state index in [2.05, 4.69) is 0 Å². The summed E-state index contributed by atoms with van der Waals surface area (Å²) in [4.78, 5) is 0. The summed E-state index contributed by atoms with van der Waals surface area (Å²) in [5, 5.41) is 27.4. The van der Waals surface area contributed by atoms with E-state index < -0.39 is 24.4 Å². The molecule has 1 rings (SSSR count). The maximum atomic E-state index is 9.35. The summed E-state index contributed by atoms with van der Waals surface area (Å²) >= 11 is 0. The van der Waals surface area contributed by atoms with E-state index in [-0.39, 0.29) is 12.7 Å². The molecule has 0 aromatic carbocycles. The van der Waals surface area contributed by atoms with Crippen LogP contribution in [-0.4, -0.2) is 52.4 Å². The highest BCUT2D eigenvalue weighted by Crippen LogP contribution is 2.18. The van der Waals surface area contributed by atoms with Crippen molar-refractivity contribution in [3.8, 4) is 0 Å². The molecule has 12 heavy (non-hydrogen) atoms. The van der Waals surface area contributed by atoms with Crippen LogP contribution in [0.2, 0.25) is 0 Å². The topological polar surface area (TPSA) is 95.9 Å². The van der Waals surface area contributed by atoms with Crippen LogP contribution >= 0.6 is 0 Å². The molecule has 0 spiro atoms. The van der Waals surface area contributed by atoms with Crippen LogP contribution in [0, 0.1) is 0 Å². The summed E-state index contributed by atoms with van der Waals surface area (Å²) in [6.45, 7) is 1.39. The fourth-order valence-corrected chi connectivity index (χ4v) is 1.32. The molecule has 1 aliphatic heterocycles. The third-order valence-corrected chi connectivity index (χ3v) is 2.24. The van der Waals surface area contributed by atoms with E-state index in [0.717, 1.165) is 0 Å². The number of hydrogen-bond donors (Lipinski definition) is 4. The first-order valence-corrected chi connectivity index (χ1v) is 3.96. The largest absolute Gasteiger partial charge is 0.394 e. The number of nitrogens with two attached hydrogens (primary N) is 1. The van der Waals surface area contributed by atoms with E-state index >= 15 is 0 Å². The van der Waals surface area contributed by atoms with Crippen LogP contribution in [0.15, 0.2) is 0 Å². The van der Waals surface area contributed by atoms with Gasteiger partial charge in [0.1, 0.15) is 18.3 Å². The molecule has 72 valence electrons. The monoisotopic (exact) mass is 177 g/mol. The predicted molar refractivity (Wildman–Crippen MR) is 41.4 cm³/mol. The Labute approximate surface area is 70.8 Å². The zero-order valence-corrected chi connectivity index (χ0v) is 6.92. The lowest BCUT2D eigenvalue weighted by Crippen LogP contribution is -2.60. The maximum absolute atomic E-state index is 9.35. The van der Waals surface area contributed by atoms with Crippen molar-refractivity contribution < 1.29 is 20.1 Å². The standard InChI is InChI=1S/C7H15NO4/c1-3-5(8)7(11)6(10)4(2-9)12-3/h3-7,9-11H,2,8H2,1H3/t3-,4?,5?,6-,7+/m0/s1. The molecule has 1 aliphatic rings. The molecule has 5 atom stereocenters. The van der Waals surface area contributed by atoms with Crippen molar-refractivity contribution in [3.05, 3.63) is 0 Å². The molecule has 1 fully saturated rings. The first-order chi connectivity index (χ1) is 5.57. The highest BCUT2D eigenvalue weighted by Gasteiger charge is 2.40. The van der Waals surface area contributed by atoms with Crippen LogP contribution < -0.4 is 5.73 Å². The van der Waals surface area contributed by atoms with Crippen LogP contribution in [0.25, 0.3) is 0 Å². The molecule has 0 radical (unpaired) electrons. The molecule has 5 heteroatoms. The van der Waals surface area contributed by atoms with Gasteiger partial charge in [-0.15, -0.1) is 0 Å². The molecular weight excluding hydrogens is 162 g/mol. The normalized spacial score (nSPS) is 49.2. The Morgan fingerprint density at radius 1 is 1.33 bits per heavy atom. The zero-order valence-electron chi connectivity index (χ0n) is 6.92. The quantitative estimate of drug-likeness (QED) is 0.365. The van der Waals surface area contributed by atoms with Crippen molar-refractivity contribution in [1.82, 2.24) is 0 Å². The molecule has 0 aromatic rings. The van der Waals surface area contributed by atoms with Gasteiger partial charge in [0.05, 0.1) is 18.8 Å². The van der Waals surface area contributed by atoms with Gasteiger partial charge in [-0.2, -0.15) is 0 Å². The van der Waals surface area contributed by atoms with Crippen molar-refractivity contribution in [1.29, 1.82) is 0 Å². The van der Waals surface area contributed by atoms with Gasteiger partial charge in [0.25, 0.3) is 0 Å². The van der Waals surface area contributed by atoms with Gasteiger partial charge in [0, 0.05) is 0 Å². The summed E-state index contributed by atoms with van der Waals surface area (Å²) in [6, 6.07) is -0.595. The fraction of sp³-hybridized carbons (Fsp3) is 1.00. The van der Waals surface area contributed by atoms with Crippen molar-refractivity contribution in [3.63, 3.8) is 0 Å². The minimum atomic E-state index is -1.10. The van der Waals surface area contributed by atoms with Gasteiger partial charge in [0.2, 0.25) is 0 Å². The van der Waals surface area contributed by atoms with Crippen LogP contribution in [0.3, 0.4) is 0 Å². The Morgan fingerprint density at radius 3 is 2.42 bits per heavy atom. The molecular formula is C7H15NO4. The van der Waals surface area contributed by atoms with Crippen LogP contribution in [0.5, 0.6) is 0 Å². The molecule has 0 amide bonds. The van der Waals surface area contributed by atoms with E-state index in [4.69, 9.17) is 15.6 Å². The highest BCUT2D eigenvalue weighted by atomic mass is 16.5. The molecule has 5 N–H and O–H groups in total. The van der Waals surface area contributed by atoms with Crippen LogP contribution in [-0.2, 0) is 4.74 Å². The zero-order chi connectivity index (χ0) is 9.30. The van der Waals surface area contributed by atoms with Gasteiger partial charge in [-0.25, -0.2) is 0 Å². The lowest BCUT2D eigenvalue weighted by molar-refractivity contribution is -0.183. The average Bonchev–Trinajstić information content (AvgIpc) is 2.08. The van der Waals surface area contributed by atoms with E-state index in [0.29, 0.717) is 0 Å². The molecule has 5 nitrogen and oxygen atoms in total. The van der Waals surface area contributed by atoms with E-state index in [1.807, 2.05) is 0 Å². The van der Waals surface area contributed by atoms with Crippen molar-refractivity contribution in [2.24, 2.45) is 5.73 Å². The Balaban J connectivity index is 2.63. The van der Waals surface area contributed by atoms with Gasteiger partial charge in [-0.3, -0.25) is 0 Å². The molecule has 0 aromatic heterocycles. The van der Waals surface area contributed by atoms with E-state index in [9.17, 15) is 10.2 Å². The Bertz CT molecular complexity index is 150. The highest BCUT2D eigenvalue weighted by molar-refractivity contribution is 4.92. The minimum Gasteiger partial charge on any atom is -0.394 e. The number of ether oxygens (including phenoxy) is 1. The van der Waals surface area contributed by atoms with Crippen LogP contribution in [0.4, 0.5) is 0 Å². The molecule has 0 bridgehead atoms. The second-order valence-corrected chi connectivity index (χ2v) is 3.12. The number of hydrogen-bond acceptors (Lipinski definition) is 5. The summed E-state index contributed by atoms with van der Waals surface area (Å²) < 4.78 is 5.15. The first kappa shape index (κ1) is 9.88. The van der Waals surface area contributed by atoms with Gasteiger partial charge < -0.3 is 25.8 Å². The lowest BCUT2D eigenvalue weighted by atomic mass is 9.94. The summed E-state index contributed by atoms with van der Waals surface area (Å²) in [7, 11) is 0. The van der Waals surface area contributed by atoms with Crippen molar-refractivity contribution in [2.75, 3.05) is 6.61 Å². The molecule has 1 saturated heterocycles. The third kappa shape index (κ3) is 1.60. The Morgan fingerprint density at radius 2 is 1.92 bits per heavy atom. The summed E-state index contributed by atoms with van der Waals surface area (Å²) in [5.41, 5.74) is 5.51. The van der Waals surface area contributed by atoms with Gasteiger partial charge in [-0.1, -0.05) is 0 Å². The first-order valence-electron chi connectivity index (χ1n) is 3.96. The number of aliphatic hydroxyl groups excluding tert-OH is 3. The number of rotatable bonds is 1. The third-order valence-electron chi connectivity index (χ3n) is 2.24. The molecule has 2 unspecified atom stereocenters. The minimum absolute atomic E-state index is 0.310. The second kappa shape index (κ2) is 3.68. The molecule has 0 aliphatic carbocycles. The molecule has 0 saturated carbocycles. The van der Waals surface area contributed by atoms with Gasteiger partial charge in [-0.05, 0) is 6.92 Å².